The molecule has 1 atom stereocenters. The first-order valence-electron chi connectivity index (χ1n) is 7.61. The molecule has 1 aromatic heterocycles. The maximum absolute atomic E-state index is 12.5. The van der Waals surface area contributed by atoms with Crippen LogP contribution < -0.4 is 10.5 Å². The van der Waals surface area contributed by atoms with Crippen molar-refractivity contribution in [2.75, 3.05) is 5.73 Å². The molecule has 0 fully saturated rings. The largest absolute Gasteiger partial charge is 0.433 e. The van der Waals surface area contributed by atoms with Crippen molar-refractivity contribution in [1.29, 1.82) is 0 Å². The molecule has 10 heteroatoms. The molecule has 0 aliphatic heterocycles. The lowest BCUT2D eigenvalue weighted by atomic mass is 9.88. The minimum Gasteiger partial charge on any atom is -0.399 e. The number of pyridine rings is 1. The van der Waals surface area contributed by atoms with E-state index in [1.807, 2.05) is 6.07 Å². The topological polar surface area (TPSA) is 85.1 Å². The first-order chi connectivity index (χ1) is 11.7. The van der Waals surface area contributed by atoms with E-state index in [4.69, 9.17) is 5.73 Å². The van der Waals surface area contributed by atoms with Crippen molar-refractivity contribution >= 4 is 28.1 Å². The lowest BCUT2D eigenvalue weighted by Gasteiger charge is -2.26. The molecule has 1 aliphatic rings. The zero-order chi connectivity index (χ0) is 18.2. The number of nitrogens with two attached hydrogens (primary N) is 1. The number of alkyl halides is 3. The van der Waals surface area contributed by atoms with Crippen LogP contribution in [0.5, 0.6) is 0 Å². The lowest BCUT2D eigenvalue weighted by molar-refractivity contribution is -0.141. The Hall–Kier alpha value is -1.84. The Bertz CT molecular complexity index is 887. The molecule has 0 amide bonds. The lowest BCUT2D eigenvalue weighted by Crippen LogP contribution is -2.31. The number of nitrogens with zero attached hydrogens (tertiary/aromatic N) is 1. The van der Waals surface area contributed by atoms with Gasteiger partial charge in [0.05, 0.1) is 0 Å². The van der Waals surface area contributed by atoms with Crippen LogP contribution in [-0.2, 0) is 22.6 Å². The number of benzene rings is 1. The van der Waals surface area contributed by atoms with E-state index in [0.29, 0.717) is 18.2 Å². The van der Waals surface area contributed by atoms with E-state index in [2.05, 4.69) is 9.71 Å². The smallest absolute Gasteiger partial charge is 0.399 e. The number of aryl methyl sites for hydroxylation is 1. The predicted molar refractivity (Wildman–Crippen MR) is 93.3 cm³/mol. The second kappa shape index (κ2) is 7.42. The molecule has 3 N–H and O–H groups in total. The number of sulfonamides is 1. The Morgan fingerprint density at radius 3 is 2.54 bits per heavy atom. The molecule has 3 rings (SSSR count). The summed E-state index contributed by atoms with van der Waals surface area (Å²) in [6, 6.07) is 6.41. The molecule has 26 heavy (non-hydrogen) atoms. The Morgan fingerprint density at radius 2 is 1.92 bits per heavy atom. The van der Waals surface area contributed by atoms with Crippen LogP contribution in [0.3, 0.4) is 0 Å². The normalized spacial score (nSPS) is 17.3. The molecular weight excluding hydrogens is 391 g/mol. The highest BCUT2D eigenvalue weighted by atomic mass is 35.5. The third-order valence-corrected chi connectivity index (χ3v) is 5.57. The van der Waals surface area contributed by atoms with Crippen LogP contribution in [0, 0.1) is 0 Å². The van der Waals surface area contributed by atoms with Gasteiger partial charge in [0.1, 0.15) is 10.6 Å². The minimum atomic E-state index is -4.61. The molecule has 0 saturated heterocycles. The van der Waals surface area contributed by atoms with E-state index in [9.17, 15) is 21.6 Å². The molecule has 1 aromatic carbocycles. The van der Waals surface area contributed by atoms with E-state index in [-0.39, 0.29) is 17.3 Å². The third-order valence-electron chi connectivity index (χ3n) is 4.12. The van der Waals surface area contributed by atoms with Crippen molar-refractivity contribution in [1.82, 2.24) is 9.71 Å². The van der Waals surface area contributed by atoms with Crippen LogP contribution in [0.4, 0.5) is 18.9 Å². The first-order valence-corrected chi connectivity index (χ1v) is 9.09. The number of anilines is 1. The van der Waals surface area contributed by atoms with E-state index in [1.54, 1.807) is 12.1 Å². The first kappa shape index (κ1) is 20.5. The van der Waals surface area contributed by atoms with Crippen LogP contribution in [-0.4, -0.2) is 13.4 Å². The summed E-state index contributed by atoms with van der Waals surface area (Å²) in [6.45, 7) is 0. The van der Waals surface area contributed by atoms with Gasteiger partial charge in [0.25, 0.3) is 0 Å². The van der Waals surface area contributed by atoms with Gasteiger partial charge in [0.2, 0.25) is 10.0 Å². The van der Waals surface area contributed by atoms with Crippen molar-refractivity contribution in [2.24, 2.45) is 0 Å². The number of halogens is 4. The monoisotopic (exact) mass is 407 g/mol. The summed E-state index contributed by atoms with van der Waals surface area (Å²) in [5.41, 5.74) is 7.04. The molecular formula is C16H17ClF3N3O2S. The minimum absolute atomic E-state index is 0. The van der Waals surface area contributed by atoms with Gasteiger partial charge in [-0.3, -0.25) is 4.98 Å². The summed E-state index contributed by atoms with van der Waals surface area (Å²) in [4.78, 5) is 2.90. The number of rotatable bonds is 3. The van der Waals surface area contributed by atoms with E-state index < -0.39 is 27.9 Å². The average Bonchev–Trinajstić information content (AvgIpc) is 2.54. The highest BCUT2D eigenvalue weighted by Crippen LogP contribution is 2.32. The number of hydrogen-bond acceptors (Lipinski definition) is 4. The molecule has 142 valence electrons. The van der Waals surface area contributed by atoms with Gasteiger partial charge in [0.15, 0.2) is 0 Å². The van der Waals surface area contributed by atoms with E-state index in [1.165, 1.54) is 0 Å². The molecule has 1 unspecified atom stereocenters. The maximum atomic E-state index is 12.5. The third kappa shape index (κ3) is 4.28. The van der Waals surface area contributed by atoms with Gasteiger partial charge in [-0.15, -0.1) is 12.4 Å². The van der Waals surface area contributed by atoms with Gasteiger partial charge in [0, 0.05) is 17.9 Å². The number of nitrogens with one attached hydrogen (secondary N) is 1. The van der Waals surface area contributed by atoms with Crippen LogP contribution in [0.15, 0.2) is 41.4 Å². The molecule has 0 saturated carbocycles. The molecule has 0 bridgehead atoms. The Labute approximate surface area is 155 Å². The summed E-state index contributed by atoms with van der Waals surface area (Å²) in [5.74, 6) is 0. The van der Waals surface area contributed by atoms with Crippen LogP contribution in [0.25, 0.3) is 0 Å². The van der Waals surface area contributed by atoms with Crippen LogP contribution >= 0.6 is 12.4 Å². The van der Waals surface area contributed by atoms with E-state index in [0.717, 1.165) is 36.2 Å². The zero-order valence-electron chi connectivity index (χ0n) is 13.5. The average molecular weight is 408 g/mol. The fourth-order valence-corrected chi connectivity index (χ4v) is 4.11. The molecule has 5 nitrogen and oxygen atoms in total. The van der Waals surface area contributed by atoms with Crippen molar-refractivity contribution < 1.29 is 21.6 Å². The highest BCUT2D eigenvalue weighted by Gasteiger charge is 2.33. The maximum Gasteiger partial charge on any atom is 0.433 e. The Balaban J connectivity index is 0.00000243. The summed E-state index contributed by atoms with van der Waals surface area (Å²) < 4.78 is 65.2. The standard InChI is InChI=1S/C16H16F3N3O2S.ClH/c17-16(18,19)15-7-5-12(9-21-15)25(23,24)22-14-3-1-2-10-8-11(20)4-6-13(10)14;/h4-9,14,22H,1-3,20H2;1H. The summed E-state index contributed by atoms with van der Waals surface area (Å²) in [7, 11) is -3.99. The number of fused-ring (bicyclic) bond motifs is 1. The highest BCUT2D eigenvalue weighted by molar-refractivity contribution is 7.89. The Kier molecular flexibility index (Phi) is 5.84. The number of hydrogen-bond donors (Lipinski definition) is 2. The SMILES string of the molecule is Cl.Nc1ccc2c(c1)CCCC2NS(=O)(=O)c1ccc(C(F)(F)F)nc1. The van der Waals surface area contributed by atoms with Gasteiger partial charge in [-0.1, -0.05) is 6.07 Å². The number of aromatic nitrogens is 1. The fourth-order valence-electron chi connectivity index (χ4n) is 2.92. The quantitative estimate of drug-likeness (QED) is 0.763. The summed E-state index contributed by atoms with van der Waals surface area (Å²) >= 11 is 0. The van der Waals surface area contributed by atoms with Crippen molar-refractivity contribution in [3.63, 3.8) is 0 Å². The predicted octanol–water partition coefficient (Wildman–Crippen LogP) is 3.46. The van der Waals surface area contributed by atoms with Gasteiger partial charge in [-0.05, 0) is 54.7 Å². The summed E-state index contributed by atoms with van der Waals surface area (Å²) in [5, 5.41) is 0. The zero-order valence-corrected chi connectivity index (χ0v) is 15.1. The molecule has 0 spiro atoms. The van der Waals surface area contributed by atoms with Crippen molar-refractivity contribution in [2.45, 2.75) is 36.4 Å². The van der Waals surface area contributed by atoms with Crippen LogP contribution in [0.1, 0.15) is 35.7 Å². The van der Waals surface area contributed by atoms with Gasteiger partial charge >= 0.3 is 6.18 Å². The molecule has 1 heterocycles. The second-order valence-electron chi connectivity index (χ2n) is 5.90. The molecule has 1 aliphatic carbocycles. The molecule has 2 aromatic rings. The molecule has 0 radical (unpaired) electrons. The summed E-state index contributed by atoms with van der Waals surface area (Å²) in [6.07, 6.45) is -1.70. The van der Waals surface area contributed by atoms with Gasteiger partial charge < -0.3 is 5.73 Å². The Morgan fingerprint density at radius 1 is 1.19 bits per heavy atom. The fraction of sp³-hybridized carbons (Fsp3) is 0.312. The number of nitrogen functional groups attached to an aromatic ring is 1. The van der Waals surface area contributed by atoms with Crippen molar-refractivity contribution in [3.8, 4) is 0 Å². The van der Waals surface area contributed by atoms with Gasteiger partial charge in [-0.25, -0.2) is 13.1 Å². The van der Waals surface area contributed by atoms with Crippen LogP contribution in [0.2, 0.25) is 0 Å². The van der Waals surface area contributed by atoms with Gasteiger partial charge in [-0.2, -0.15) is 13.2 Å². The van der Waals surface area contributed by atoms with E-state index >= 15 is 0 Å². The van der Waals surface area contributed by atoms with Crippen molar-refractivity contribution in [3.05, 3.63) is 53.3 Å². The second-order valence-corrected chi connectivity index (χ2v) is 7.62.